The van der Waals surface area contributed by atoms with Crippen LogP contribution in [0, 0.1) is 0 Å². The van der Waals surface area contributed by atoms with Gasteiger partial charge in [0.15, 0.2) is 0 Å². The number of aromatic amines is 1. The molecule has 0 amide bonds. The van der Waals surface area contributed by atoms with E-state index < -0.39 is 0 Å². The summed E-state index contributed by atoms with van der Waals surface area (Å²) in [5.41, 5.74) is 1.13. The van der Waals surface area contributed by atoms with Crippen molar-refractivity contribution in [2.75, 3.05) is 0 Å². The van der Waals surface area contributed by atoms with E-state index in [1.165, 1.54) is 5.39 Å². The molecule has 0 fully saturated rings. The first-order valence-electron chi connectivity index (χ1n) is 4.21. The summed E-state index contributed by atoms with van der Waals surface area (Å²) in [5, 5.41) is 3.28. The standard InChI is InChI=1S/C12H11N/c1-3-6-10-9(2)13-12-8-5-4-7-11(10)12/h3-8,13H,1-2H2/b10-6+. The van der Waals surface area contributed by atoms with Crippen LogP contribution in [-0.4, -0.2) is 4.98 Å². The van der Waals surface area contributed by atoms with E-state index >= 15 is 0 Å². The molecule has 1 N–H and O–H groups in total. The van der Waals surface area contributed by atoms with Crippen LogP contribution in [0.1, 0.15) is 0 Å². The number of para-hydroxylation sites is 1. The van der Waals surface area contributed by atoms with Crippen LogP contribution in [0.5, 0.6) is 0 Å². The maximum atomic E-state index is 3.94. The number of aromatic nitrogens is 1. The van der Waals surface area contributed by atoms with E-state index in [9.17, 15) is 0 Å². The molecule has 0 atom stereocenters. The van der Waals surface area contributed by atoms with Crippen LogP contribution < -0.4 is 10.6 Å². The normalized spacial score (nSPS) is 12.2. The zero-order valence-electron chi connectivity index (χ0n) is 7.38. The first kappa shape index (κ1) is 7.87. The molecule has 2 aromatic rings. The third-order valence-corrected chi connectivity index (χ3v) is 2.11. The number of nitrogens with one attached hydrogen (secondary N) is 1. The molecular formula is C12H11N. The molecule has 2 rings (SSSR count). The van der Waals surface area contributed by atoms with E-state index in [0.717, 1.165) is 16.1 Å². The van der Waals surface area contributed by atoms with Crippen LogP contribution >= 0.6 is 0 Å². The lowest BCUT2D eigenvalue weighted by molar-refractivity contribution is 1.37. The van der Waals surface area contributed by atoms with Crippen molar-refractivity contribution >= 4 is 23.6 Å². The van der Waals surface area contributed by atoms with Crippen LogP contribution in [0.4, 0.5) is 0 Å². The Kier molecular flexibility index (Phi) is 1.78. The van der Waals surface area contributed by atoms with Gasteiger partial charge in [0.1, 0.15) is 0 Å². The average molecular weight is 169 g/mol. The van der Waals surface area contributed by atoms with E-state index in [1.54, 1.807) is 6.08 Å². The number of hydrogen-bond donors (Lipinski definition) is 1. The van der Waals surface area contributed by atoms with Gasteiger partial charge in [-0.1, -0.05) is 43.5 Å². The van der Waals surface area contributed by atoms with Gasteiger partial charge in [-0.25, -0.2) is 0 Å². The van der Waals surface area contributed by atoms with Gasteiger partial charge in [-0.2, -0.15) is 0 Å². The molecule has 64 valence electrons. The average Bonchev–Trinajstić information content (AvgIpc) is 2.44. The quantitative estimate of drug-likeness (QED) is 0.666. The zero-order valence-corrected chi connectivity index (χ0v) is 7.38. The first-order valence-corrected chi connectivity index (χ1v) is 4.21. The minimum atomic E-state index is 0.945. The van der Waals surface area contributed by atoms with E-state index in [-0.39, 0.29) is 0 Å². The lowest BCUT2D eigenvalue weighted by atomic mass is 10.2. The van der Waals surface area contributed by atoms with Crippen LogP contribution in [-0.2, 0) is 0 Å². The van der Waals surface area contributed by atoms with Crippen LogP contribution in [0.15, 0.2) is 36.9 Å². The summed E-state index contributed by atoms with van der Waals surface area (Å²) in [6.07, 6.45) is 3.76. The lowest BCUT2D eigenvalue weighted by Crippen LogP contribution is -2.19. The van der Waals surface area contributed by atoms with Gasteiger partial charge in [-0.05, 0) is 6.07 Å². The van der Waals surface area contributed by atoms with Gasteiger partial charge in [-0.3, -0.25) is 0 Å². The number of hydrogen-bond acceptors (Lipinski definition) is 0. The molecule has 1 heteroatoms. The molecule has 0 radical (unpaired) electrons. The van der Waals surface area contributed by atoms with Crippen molar-refractivity contribution in [1.29, 1.82) is 0 Å². The summed E-state index contributed by atoms with van der Waals surface area (Å²) in [4.78, 5) is 3.22. The highest BCUT2D eigenvalue weighted by Crippen LogP contribution is 2.02. The summed E-state index contributed by atoms with van der Waals surface area (Å²) in [6.45, 7) is 7.63. The van der Waals surface area contributed by atoms with Crippen molar-refractivity contribution in [3.8, 4) is 0 Å². The fraction of sp³-hybridized carbons (Fsp3) is 0. The topological polar surface area (TPSA) is 15.8 Å². The molecule has 1 aromatic carbocycles. The molecule has 0 aliphatic heterocycles. The number of fused-ring (bicyclic) bond motifs is 1. The molecule has 0 aliphatic carbocycles. The Balaban J connectivity index is 3.03. The van der Waals surface area contributed by atoms with Crippen molar-refractivity contribution in [2.45, 2.75) is 0 Å². The number of allylic oxidation sites excluding steroid dienone is 1. The molecule has 13 heavy (non-hydrogen) atoms. The summed E-state index contributed by atoms with van der Waals surface area (Å²) in [7, 11) is 0. The molecule has 0 unspecified atom stereocenters. The van der Waals surface area contributed by atoms with Crippen molar-refractivity contribution in [2.24, 2.45) is 0 Å². The highest BCUT2D eigenvalue weighted by Gasteiger charge is 1.95. The molecule has 0 bridgehead atoms. The molecule has 0 saturated heterocycles. The highest BCUT2D eigenvalue weighted by atomic mass is 14.7. The summed E-state index contributed by atoms with van der Waals surface area (Å²) in [5.74, 6) is 0. The molecule has 1 aromatic heterocycles. The maximum absolute atomic E-state index is 3.94. The third-order valence-electron chi connectivity index (χ3n) is 2.11. The second-order valence-electron chi connectivity index (χ2n) is 2.97. The Morgan fingerprint density at radius 2 is 2.00 bits per heavy atom. The molecule has 0 spiro atoms. The largest absolute Gasteiger partial charge is 0.355 e. The fourth-order valence-electron chi connectivity index (χ4n) is 1.53. The second kappa shape index (κ2) is 2.94. The number of H-pyrrole nitrogens is 1. The van der Waals surface area contributed by atoms with Gasteiger partial charge in [0.25, 0.3) is 0 Å². The fourth-order valence-corrected chi connectivity index (χ4v) is 1.53. The maximum Gasteiger partial charge on any atom is 0.0464 e. The minimum absolute atomic E-state index is 0.945. The van der Waals surface area contributed by atoms with Gasteiger partial charge < -0.3 is 4.98 Å². The Morgan fingerprint density at radius 3 is 2.77 bits per heavy atom. The van der Waals surface area contributed by atoms with E-state index in [1.807, 2.05) is 24.3 Å². The zero-order chi connectivity index (χ0) is 9.26. The van der Waals surface area contributed by atoms with Crippen molar-refractivity contribution in [3.05, 3.63) is 47.5 Å². The molecular weight excluding hydrogens is 158 g/mol. The van der Waals surface area contributed by atoms with E-state index in [2.05, 4.69) is 24.2 Å². The molecule has 0 aliphatic rings. The van der Waals surface area contributed by atoms with Crippen molar-refractivity contribution < 1.29 is 0 Å². The lowest BCUT2D eigenvalue weighted by Gasteiger charge is -1.85. The monoisotopic (exact) mass is 169 g/mol. The summed E-state index contributed by atoms with van der Waals surface area (Å²) < 4.78 is 0. The molecule has 1 heterocycles. The van der Waals surface area contributed by atoms with Gasteiger partial charge in [0.2, 0.25) is 0 Å². The van der Waals surface area contributed by atoms with Crippen molar-refractivity contribution in [3.63, 3.8) is 0 Å². The van der Waals surface area contributed by atoms with Crippen LogP contribution in [0.3, 0.4) is 0 Å². The molecule has 0 saturated carbocycles. The number of benzene rings is 1. The van der Waals surface area contributed by atoms with Gasteiger partial charge in [-0.15, -0.1) is 0 Å². The van der Waals surface area contributed by atoms with Crippen molar-refractivity contribution in [1.82, 2.24) is 4.98 Å². The minimum Gasteiger partial charge on any atom is -0.355 e. The second-order valence-corrected chi connectivity index (χ2v) is 2.97. The van der Waals surface area contributed by atoms with Gasteiger partial charge in [0, 0.05) is 21.5 Å². The first-order chi connectivity index (χ1) is 6.33. The predicted molar refractivity (Wildman–Crippen MR) is 57.7 cm³/mol. The van der Waals surface area contributed by atoms with Crippen LogP contribution in [0.25, 0.3) is 23.6 Å². The Hall–Kier alpha value is -1.76. The molecule has 1 nitrogen and oxygen atoms in total. The van der Waals surface area contributed by atoms with Crippen LogP contribution in [0.2, 0.25) is 0 Å². The van der Waals surface area contributed by atoms with Gasteiger partial charge in [0.05, 0.1) is 0 Å². The highest BCUT2D eigenvalue weighted by molar-refractivity contribution is 5.81. The number of rotatable bonds is 1. The Morgan fingerprint density at radius 1 is 1.23 bits per heavy atom. The van der Waals surface area contributed by atoms with Gasteiger partial charge >= 0.3 is 0 Å². The summed E-state index contributed by atoms with van der Waals surface area (Å²) >= 11 is 0. The van der Waals surface area contributed by atoms with E-state index in [0.29, 0.717) is 0 Å². The van der Waals surface area contributed by atoms with E-state index in [4.69, 9.17) is 0 Å². The Labute approximate surface area is 76.7 Å². The third kappa shape index (κ3) is 1.18. The SMILES string of the molecule is C=C/C=c1\c(=C)[nH]c2ccccc12. The Bertz CT molecular complexity index is 546. The predicted octanol–water partition coefficient (Wildman–Crippen LogP) is 1.54. The summed E-state index contributed by atoms with van der Waals surface area (Å²) in [6, 6.07) is 8.16. The smallest absolute Gasteiger partial charge is 0.0464 e.